The van der Waals surface area contributed by atoms with Crippen LogP contribution in [-0.4, -0.2) is 11.8 Å². The number of carbonyl (C=O) groups is 2. The van der Waals surface area contributed by atoms with E-state index in [-0.39, 0.29) is 11.6 Å². The van der Waals surface area contributed by atoms with Gasteiger partial charge in [-0.2, -0.15) is 0 Å². The molecule has 1 heterocycles. The van der Waals surface area contributed by atoms with Crippen molar-refractivity contribution in [3.05, 3.63) is 99.2 Å². The van der Waals surface area contributed by atoms with Gasteiger partial charge in [0.05, 0.1) is 11.3 Å². The van der Waals surface area contributed by atoms with Gasteiger partial charge in [-0.15, -0.1) is 0 Å². The van der Waals surface area contributed by atoms with E-state index in [0.29, 0.717) is 16.3 Å². The predicted molar refractivity (Wildman–Crippen MR) is 126 cm³/mol. The first-order valence-corrected chi connectivity index (χ1v) is 10.4. The molecule has 3 aromatic rings. The number of benzene rings is 3. The first kappa shape index (κ1) is 20.9. The number of hydrogen-bond acceptors (Lipinski definition) is 3. The molecule has 1 N–H and O–H groups in total. The molecule has 0 atom stereocenters. The number of nitrogens with one attached hydrogen (secondary N) is 1. The van der Waals surface area contributed by atoms with Crippen LogP contribution in [0.4, 0.5) is 11.4 Å². The van der Waals surface area contributed by atoms with E-state index < -0.39 is 5.91 Å². The molecule has 0 aliphatic carbocycles. The van der Waals surface area contributed by atoms with Crippen LogP contribution in [-0.2, 0) is 9.59 Å². The lowest BCUT2D eigenvalue weighted by molar-refractivity contribution is -0.120. The zero-order valence-corrected chi connectivity index (χ0v) is 18.7. The summed E-state index contributed by atoms with van der Waals surface area (Å²) in [7, 11) is 0. The maximum Gasteiger partial charge on any atom is 0.282 e. The molecule has 31 heavy (non-hydrogen) atoms. The molecule has 0 saturated carbocycles. The second-order valence-electron chi connectivity index (χ2n) is 7.89. The molecule has 0 fully saturated rings. The molecule has 0 saturated heterocycles. The highest BCUT2D eigenvalue weighted by atomic mass is 35.5. The van der Waals surface area contributed by atoms with Gasteiger partial charge in [-0.3, -0.25) is 9.59 Å². The van der Waals surface area contributed by atoms with E-state index in [1.165, 1.54) is 4.90 Å². The Morgan fingerprint density at radius 2 is 1.52 bits per heavy atom. The molecule has 0 unspecified atom stereocenters. The number of hydrogen-bond donors (Lipinski definition) is 1. The molecule has 156 valence electrons. The fraction of sp³-hybridized carbons (Fsp3) is 0.154. The topological polar surface area (TPSA) is 49.4 Å². The van der Waals surface area contributed by atoms with E-state index in [2.05, 4.69) is 5.32 Å². The molecule has 1 aliphatic heterocycles. The molecule has 4 nitrogen and oxygen atoms in total. The summed E-state index contributed by atoms with van der Waals surface area (Å²) in [6.07, 6.45) is 0. The van der Waals surface area contributed by atoms with Crippen LogP contribution in [0.5, 0.6) is 0 Å². The number of imide groups is 1. The third kappa shape index (κ3) is 3.75. The molecular weight excluding hydrogens is 408 g/mol. The van der Waals surface area contributed by atoms with Crippen molar-refractivity contribution in [2.24, 2.45) is 0 Å². The summed E-state index contributed by atoms with van der Waals surface area (Å²) in [6, 6.07) is 18.7. The number of halogens is 1. The van der Waals surface area contributed by atoms with Crippen molar-refractivity contribution in [1.29, 1.82) is 0 Å². The predicted octanol–water partition coefficient (Wildman–Crippen LogP) is 5.97. The lowest BCUT2D eigenvalue weighted by Gasteiger charge is -2.16. The van der Waals surface area contributed by atoms with E-state index in [0.717, 1.165) is 33.5 Å². The molecule has 4 rings (SSSR count). The van der Waals surface area contributed by atoms with Crippen molar-refractivity contribution in [2.45, 2.75) is 27.7 Å². The van der Waals surface area contributed by atoms with Gasteiger partial charge in [0.15, 0.2) is 0 Å². The third-order valence-electron chi connectivity index (χ3n) is 5.55. The Kier molecular flexibility index (Phi) is 5.42. The second-order valence-corrected chi connectivity index (χ2v) is 8.29. The lowest BCUT2D eigenvalue weighted by Crippen LogP contribution is -2.32. The maximum absolute atomic E-state index is 13.6. The van der Waals surface area contributed by atoms with Crippen molar-refractivity contribution >= 4 is 40.4 Å². The van der Waals surface area contributed by atoms with Crippen LogP contribution in [0.1, 0.15) is 27.8 Å². The van der Waals surface area contributed by atoms with E-state index in [9.17, 15) is 9.59 Å². The van der Waals surface area contributed by atoms with Gasteiger partial charge in [0.2, 0.25) is 0 Å². The highest BCUT2D eigenvalue weighted by Gasteiger charge is 2.41. The van der Waals surface area contributed by atoms with E-state index in [1.807, 2.05) is 76.2 Å². The first-order valence-electron chi connectivity index (χ1n) is 10.1. The summed E-state index contributed by atoms with van der Waals surface area (Å²) in [5, 5.41) is 3.75. The largest absolute Gasteiger partial charge is 0.350 e. The van der Waals surface area contributed by atoms with Crippen LogP contribution in [0.15, 0.2) is 66.4 Å². The minimum atomic E-state index is -0.400. The summed E-state index contributed by atoms with van der Waals surface area (Å²) in [5.41, 5.74) is 6.49. The molecule has 1 aliphatic rings. The smallest absolute Gasteiger partial charge is 0.282 e. The summed E-state index contributed by atoms with van der Waals surface area (Å²) in [4.78, 5) is 28.3. The Labute approximate surface area is 187 Å². The zero-order valence-electron chi connectivity index (χ0n) is 17.9. The molecule has 0 aromatic heterocycles. The highest BCUT2D eigenvalue weighted by molar-refractivity contribution is 6.46. The fourth-order valence-electron chi connectivity index (χ4n) is 3.79. The van der Waals surface area contributed by atoms with Gasteiger partial charge in [0.25, 0.3) is 11.8 Å². The number of amides is 2. The number of aryl methyl sites for hydroxylation is 4. The van der Waals surface area contributed by atoms with Gasteiger partial charge in [-0.25, -0.2) is 4.90 Å². The van der Waals surface area contributed by atoms with Crippen molar-refractivity contribution in [1.82, 2.24) is 0 Å². The fourth-order valence-corrected chi connectivity index (χ4v) is 3.97. The molecule has 0 bridgehead atoms. The minimum Gasteiger partial charge on any atom is -0.350 e. The average molecular weight is 431 g/mol. The minimum absolute atomic E-state index is 0.267. The SMILES string of the molecule is Cc1ccc(C2=C(Nc3ccccc3C)C(=O)N(c3ccc(C)c(Cl)c3)C2=O)c(C)c1. The molecule has 2 amide bonds. The van der Waals surface area contributed by atoms with E-state index >= 15 is 0 Å². The number of para-hydroxylation sites is 1. The Morgan fingerprint density at radius 3 is 2.19 bits per heavy atom. The Balaban J connectivity index is 1.88. The molecule has 0 spiro atoms. The molecule has 3 aromatic carbocycles. The lowest BCUT2D eigenvalue weighted by atomic mass is 9.97. The first-order chi connectivity index (χ1) is 14.8. The van der Waals surface area contributed by atoms with Gasteiger partial charge in [0.1, 0.15) is 5.70 Å². The van der Waals surface area contributed by atoms with Crippen molar-refractivity contribution in [3.63, 3.8) is 0 Å². The maximum atomic E-state index is 13.6. The summed E-state index contributed by atoms with van der Waals surface area (Å²) in [5.74, 6) is -0.767. The normalized spacial score (nSPS) is 13.9. The molecule has 0 radical (unpaired) electrons. The third-order valence-corrected chi connectivity index (χ3v) is 5.96. The van der Waals surface area contributed by atoms with E-state index in [4.69, 9.17) is 11.6 Å². The molecule has 5 heteroatoms. The van der Waals surface area contributed by atoms with Gasteiger partial charge in [0, 0.05) is 10.7 Å². The number of anilines is 2. The van der Waals surface area contributed by atoms with Gasteiger partial charge >= 0.3 is 0 Å². The van der Waals surface area contributed by atoms with Crippen LogP contribution in [0.2, 0.25) is 5.02 Å². The Bertz CT molecular complexity index is 1260. The zero-order chi connectivity index (χ0) is 22.3. The van der Waals surface area contributed by atoms with Crippen LogP contribution < -0.4 is 10.2 Å². The van der Waals surface area contributed by atoms with Gasteiger partial charge in [-0.1, -0.05) is 59.6 Å². The second kappa shape index (κ2) is 8.05. The van der Waals surface area contributed by atoms with Crippen molar-refractivity contribution < 1.29 is 9.59 Å². The van der Waals surface area contributed by atoms with Crippen molar-refractivity contribution in [3.8, 4) is 0 Å². The highest BCUT2D eigenvalue weighted by Crippen LogP contribution is 2.36. The monoisotopic (exact) mass is 430 g/mol. The Hall–Kier alpha value is -3.37. The average Bonchev–Trinajstić information content (AvgIpc) is 2.96. The number of rotatable bonds is 4. The molecular formula is C26H23ClN2O2. The van der Waals surface area contributed by atoms with Crippen molar-refractivity contribution in [2.75, 3.05) is 10.2 Å². The van der Waals surface area contributed by atoms with Crippen LogP contribution in [0, 0.1) is 27.7 Å². The summed E-state index contributed by atoms with van der Waals surface area (Å²) < 4.78 is 0. The van der Waals surface area contributed by atoms with Gasteiger partial charge in [-0.05, 0) is 68.1 Å². The number of nitrogens with zero attached hydrogens (tertiary/aromatic N) is 1. The summed E-state index contributed by atoms with van der Waals surface area (Å²) >= 11 is 6.29. The van der Waals surface area contributed by atoms with Crippen LogP contribution in [0.3, 0.4) is 0 Å². The van der Waals surface area contributed by atoms with E-state index in [1.54, 1.807) is 12.1 Å². The van der Waals surface area contributed by atoms with Crippen LogP contribution in [0.25, 0.3) is 5.57 Å². The number of carbonyl (C=O) groups excluding carboxylic acids is 2. The van der Waals surface area contributed by atoms with Crippen LogP contribution >= 0.6 is 11.6 Å². The summed E-state index contributed by atoms with van der Waals surface area (Å²) in [6.45, 7) is 7.78. The standard InChI is InChI=1S/C26H23ClN2O2/c1-15-9-12-20(18(4)13-15)23-24(28-22-8-6-5-7-17(22)3)26(31)29(25(23)30)19-11-10-16(2)21(27)14-19/h5-14,28H,1-4H3. The Morgan fingerprint density at radius 1 is 0.774 bits per heavy atom. The quantitative estimate of drug-likeness (QED) is 0.518. The van der Waals surface area contributed by atoms with Gasteiger partial charge < -0.3 is 5.32 Å².